The van der Waals surface area contributed by atoms with Gasteiger partial charge in [-0.2, -0.15) is 0 Å². The summed E-state index contributed by atoms with van der Waals surface area (Å²) in [7, 11) is 16.3. The van der Waals surface area contributed by atoms with E-state index in [0.29, 0.717) is 0 Å². The van der Waals surface area contributed by atoms with Gasteiger partial charge in [-0.1, -0.05) is 0 Å². The van der Waals surface area contributed by atoms with E-state index < -0.39 is 9.85 Å². The van der Waals surface area contributed by atoms with Crippen LogP contribution in [0.2, 0.25) is 0 Å². The van der Waals surface area contributed by atoms with Crippen molar-refractivity contribution in [3.05, 3.63) is 377 Å². The molecule has 0 aliphatic carbocycles. The maximum Gasteiger partial charge on any atom is 0 e. The van der Waals surface area contributed by atoms with Crippen LogP contribution in [0.15, 0.2) is 335 Å². The van der Waals surface area contributed by atoms with Gasteiger partial charge in [0.2, 0.25) is 0 Å². The summed E-state index contributed by atoms with van der Waals surface area (Å²) >= 11 is 0.400. The van der Waals surface area contributed by atoms with Gasteiger partial charge in [0.05, 0.1) is 9.85 Å². The molecule has 0 amide bonds. The second-order valence-electron chi connectivity index (χ2n) is 30.3. The van der Waals surface area contributed by atoms with Crippen molar-refractivity contribution >= 4 is 139 Å². The van der Waals surface area contributed by atoms with E-state index in [1.807, 2.05) is 38.0 Å². The van der Waals surface area contributed by atoms with Gasteiger partial charge in [0.1, 0.15) is 45.7 Å². The number of phenolic OH excluding ortho intramolecular Hbond substituents is 4. The number of allylic oxidation sites excluding steroid dienone is 6. The van der Waals surface area contributed by atoms with Crippen LogP contribution in [-0.2, 0) is 67.4 Å². The maximum atomic E-state index is 10.7. The summed E-state index contributed by atoms with van der Waals surface area (Å²) in [4.78, 5) is 28.8. The van der Waals surface area contributed by atoms with Gasteiger partial charge in [-0.05, 0) is 36.4 Å². The van der Waals surface area contributed by atoms with Gasteiger partial charge < -0.3 is 30.2 Å². The number of fused-ring (bicyclic) bond motifs is 8. The minimum Gasteiger partial charge on any atom is 0 e. The number of aromatic nitrogens is 2. The largest absolute Gasteiger partial charge is 0 e. The normalized spacial score (nSPS) is 15.5. The van der Waals surface area contributed by atoms with E-state index in [2.05, 4.69) is 310 Å². The zero-order chi connectivity index (χ0) is 83.9. The number of aryl methyl sites for hydroxylation is 2. The van der Waals surface area contributed by atoms with Gasteiger partial charge in [0.15, 0.2) is 0 Å². The number of anilines is 4. The molecule has 607 valence electrons. The molecule has 2 unspecified atom stereocenters. The molecule has 4 N–H and O–H groups in total. The molecule has 0 saturated heterocycles. The van der Waals surface area contributed by atoms with E-state index >= 15 is 0 Å². The first-order valence-corrected chi connectivity index (χ1v) is 42.5. The van der Waals surface area contributed by atoms with Crippen LogP contribution in [0.5, 0.6) is 23.0 Å². The predicted molar refractivity (Wildman–Crippen MR) is 483 cm³/mol. The molecule has 0 saturated carbocycles. The average molecular weight is 1780 g/mol. The molecular weight excluding hydrogens is 1690 g/mol. The van der Waals surface area contributed by atoms with Crippen LogP contribution in [0.1, 0.15) is 42.5 Å². The molecule has 20 nitrogen and oxygen atoms in total. The monoisotopic (exact) mass is 1780 g/mol. The first-order valence-electron chi connectivity index (χ1n) is 39.0. The Hall–Kier alpha value is -13.4. The van der Waals surface area contributed by atoms with Crippen molar-refractivity contribution in [2.75, 3.05) is 61.9 Å². The Morgan fingerprint density at radius 2 is 0.752 bits per heavy atom. The summed E-state index contributed by atoms with van der Waals surface area (Å²) in [5, 5.41) is 80.9. The van der Waals surface area contributed by atoms with E-state index in [9.17, 15) is 40.7 Å². The van der Waals surface area contributed by atoms with Crippen molar-refractivity contribution in [2.24, 2.45) is 34.6 Å². The second kappa shape index (κ2) is 36.5. The molecule has 4 heterocycles. The summed E-state index contributed by atoms with van der Waals surface area (Å²) < 4.78 is 10.5. The average Bonchev–Trinajstić information content (AvgIpc) is 1.58. The second-order valence-corrected chi connectivity index (χ2v) is 34.6. The van der Waals surface area contributed by atoms with Crippen LogP contribution in [0.4, 0.5) is 56.9 Å². The number of azo groups is 2. The Kier molecular flexibility index (Phi) is 25.3. The van der Waals surface area contributed by atoms with Gasteiger partial charge in [0, 0.05) is 92.7 Å². The zero-order valence-corrected chi connectivity index (χ0v) is 72.3. The number of nitro benzene ring substituents is 2. The van der Waals surface area contributed by atoms with Crippen molar-refractivity contribution in [1.29, 1.82) is 0 Å². The van der Waals surface area contributed by atoms with Crippen LogP contribution < -0.4 is 28.7 Å². The Bertz CT molecular complexity index is 6210. The Labute approximate surface area is 723 Å². The smallest absolute Gasteiger partial charge is 0 e. The van der Waals surface area contributed by atoms with Crippen LogP contribution >= 0.6 is 0 Å². The predicted octanol–water partition coefficient (Wildman–Crippen LogP) is 20.6. The number of non-ortho nitro benzene ring substituents is 2. The van der Waals surface area contributed by atoms with Gasteiger partial charge in [-0.3, -0.25) is 20.2 Å². The molecule has 1 radical (unpaired) electrons. The molecule has 2 atom stereocenters. The maximum absolute atomic E-state index is 10.7. The summed E-state index contributed by atoms with van der Waals surface area (Å²) in [5.74, 6) is -0.641. The molecule has 15 aromatic rings. The zero-order valence-electron chi connectivity index (χ0n) is 67.8. The van der Waals surface area contributed by atoms with Gasteiger partial charge in [-0.25, -0.2) is 0 Å². The van der Waals surface area contributed by atoms with Crippen molar-refractivity contribution in [1.82, 2.24) is 0 Å². The van der Waals surface area contributed by atoms with E-state index in [4.69, 9.17) is 0 Å². The molecule has 17 rings (SSSR count). The van der Waals surface area contributed by atoms with Crippen LogP contribution in [0, 0.1) is 20.2 Å². The third-order valence-electron chi connectivity index (χ3n) is 22.3. The van der Waals surface area contributed by atoms with Crippen LogP contribution in [0.25, 0.3) is 53.3 Å². The molecule has 2 aliphatic rings. The molecule has 0 bridgehead atoms. The number of phenols is 4. The molecule has 2 aromatic heterocycles. The van der Waals surface area contributed by atoms with Crippen molar-refractivity contribution < 1.29 is 56.2 Å². The topological polar surface area (TPSA) is 237 Å². The number of hydrogen-bond donors (Lipinski definition) is 4. The first-order chi connectivity index (χ1) is 58.0. The van der Waals surface area contributed by atoms with E-state index in [1.165, 1.54) is 131 Å². The van der Waals surface area contributed by atoms with Gasteiger partial charge in [0.25, 0.3) is 11.4 Å². The minimum atomic E-state index is -0.595. The van der Waals surface area contributed by atoms with E-state index in [-0.39, 0.29) is 114 Å². The number of likely N-dealkylation sites (N-methyl/N-ethyl adjacent to an activating group) is 2. The number of nitrogens with zero attached hydrogens (tertiary/aromatic N) is 12. The molecule has 0 spiro atoms. The van der Waals surface area contributed by atoms with Crippen LogP contribution in [-0.4, -0.2) is 102 Å². The Morgan fingerprint density at radius 3 is 1.12 bits per heavy atom. The van der Waals surface area contributed by atoms with Crippen molar-refractivity contribution in [3.8, 4) is 23.0 Å². The molecule has 2 aliphatic heterocycles. The number of aromatic hydroxyl groups is 4. The van der Waals surface area contributed by atoms with Crippen LogP contribution in [0.3, 0.4) is 0 Å². The molecule has 23 heteroatoms. The number of hydrogen-bond acceptors (Lipinski definition) is 16. The first kappa shape index (κ1) is 84.1. The summed E-state index contributed by atoms with van der Waals surface area (Å²) in [5.41, 5.74) is 16.8. The summed E-state index contributed by atoms with van der Waals surface area (Å²) in [6.07, 6.45) is 17.8. The van der Waals surface area contributed by atoms with Crippen molar-refractivity contribution in [2.45, 2.75) is 36.5 Å². The molecule has 0 fully saturated rings. The third-order valence-corrected chi connectivity index (χ3v) is 27.6. The molecule has 13 aromatic carbocycles. The van der Waals surface area contributed by atoms with E-state index in [1.54, 1.807) is 24.3 Å². The number of para-hydroxylation sites is 2. The fourth-order valence-electron chi connectivity index (χ4n) is 16.2. The standard InChI is InChI=1S/C70H60N4Se2.2C14H14N4O4.Co/c1-71-59-31-17-15-29-57(59)69(45-49-21-7-5-8-22-49,63(71)33-19-35-65-73(3)61-43-41-53-25-11-13-27-55(53)67(61)75-65)47-51-37-39-52(40-38-51)48-70(46-50-23-9-6-10-24-50)58-30-16-18-32-60(58)72(2)64(70)34-20-36-66-74(4)62-44-42-54-26-12-14-28-56(54)68(62)76-66;2*1-17(2)9-3-5-11(14(20)8-9)15-16-12-7-10(18(21)22)4-6-13(12)19;/h5-44H,45-48H2,1-4H3;2*3-8,19-20H,1-2H3;/q+2;;;. The fourth-order valence-corrected chi connectivity index (χ4v) is 21.2. The Balaban J connectivity index is 0.000000216. The number of nitro groups is 2. The third kappa shape index (κ3) is 17.7. The fraction of sp³-hybridized carbons (Fsp3) is 0.143. The van der Waals surface area contributed by atoms with E-state index in [0.717, 1.165) is 61.3 Å². The number of benzene rings is 13. The van der Waals surface area contributed by atoms with Crippen molar-refractivity contribution in [3.63, 3.8) is 0 Å². The summed E-state index contributed by atoms with van der Waals surface area (Å²) in [6, 6.07) is 93.5. The van der Waals surface area contributed by atoms with Gasteiger partial charge in [-0.15, -0.1) is 20.5 Å². The Morgan fingerprint density at radius 1 is 0.405 bits per heavy atom. The van der Waals surface area contributed by atoms with Gasteiger partial charge >= 0.3 is 462 Å². The number of rotatable bonds is 20. The molecule has 121 heavy (non-hydrogen) atoms. The molecular formula is C98H88CoN12O8Se2+2. The quantitative estimate of drug-likeness (QED) is 0.0183. The SMILES string of the molecule is CN(C)c1ccc(N=Nc2cc([N+](=O)[O-])ccc2O)c(O)c1.CN(C)c1ccc(N=Nc2cc([N+](=O)[O-])ccc2O)c(O)c1.CN1C(=CC=Cc2[se]c3c4ccccc4ccc3[n+]2C)C(Cc2ccccc2)(Cc2ccc(CC3(Cc4ccccc4)C(=CC=Cc4[se]c5c6ccccc6ccc5[n+]4C)N(C)c4ccccc43)cc2)c2ccccc21.[Co]. The minimum absolute atomic E-state index is 0. The summed E-state index contributed by atoms with van der Waals surface area (Å²) in [6.45, 7) is 0.